The molecule has 1 saturated heterocycles. The number of hydrogen-bond donors (Lipinski definition) is 0. The van der Waals surface area contributed by atoms with E-state index in [9.17, 15) is 13.6 Å². The number of para-hydroxylation sites is 1. The molecule has 0 unspecified atom stereocenters. The second kappa shape index (κ2) is 12.5. The fourth-order valence-corrected chi connectivity index (χ4v) is 5.20. The summed E-state index contributed by atoms with van der Waals surface area (Å²) in [5.41, 5.74) is 3.55. The third-order valence-electron chi connectivity index (χ3n) is 7.47. The predicted octanol–water partition coefficient (Wildman–Crippen LogP) is 7.15. The van der Waals surface area contributed by atoms with Crippen LogP contribution in [-0.2, 0) is 6.54 Å². The van der Waals surface area contributed by atoms with Crippen LogP contribution < -0.4 is 10.2 Å². The van der Waals surface area contributed by atoms with Gasteiger partial charge in [0.1, 0.15) is 17.4 Å². The Balaban J connectivity index is 1.35. The van der Waals surface area contributed by atoms with Gasteiger partial charge in [0.15, 0.2) is 5.75 Å². The second-order valence-electron chi connectivity index (χ2n) is 10.6. The number of hydrogen-bond acceptors (Lipinski definition) is 4. The van der Waals surface area contributed by atoms with Crippen molar-refractivity contribution < 1.29 is 13.5 Å². The van der Waals surface area contributed by atoms with Gasteiger partial charge in [-0.1, -0.05) is 68.4 Å². The van der Waals surface area contributed by atoms with Crippen LogP contribution >= 0.6 is 0 Å². The van der Waals surface area contributed by atoms with Crippen LogP contribution in [-0.4, -0.2) is 36.0 Å². The molecule has 0 spiro atoms. The highest BCUT2D eigenvalue weighted by molar-refractivity contribution is 5.37. The Labute approximate surface area is 234 Å². The number of nitrogens with zero attached hydrogens (tertiary/aromatic N) is 2. The lowest BCUT2D eigenvalue weighted by atomic mass is 9.96. The molecule has 6 heteroatoms. The largest absolute Gasteiger partial charge is 0.453 e. The fraction of sp³-hybridized carbons (Fsp3) is 0.265. The zero-order chi connectivity index (χ0) is 28.1. The molecule has 0 N–H and O–H groups in total. The smallest absolute Gasteiger partial charge is 0.225 e. The molecule has 1 aliphatic heterocycles. The molecule has 0 saturated carbocycles. The van der Waals surface area contributed by atoms with E-state index in [4.69, 9.17) is 4.74 Å². The standard InChI is InChI=1S/C34H34F2N2O2/c1-24(2)27-8-9-28(34(39)32(22-27)40-31-6-4-3-5-7-31)23-37-18-20-38(21-19-37)33(25-10-14-29(35)15-11-25)26-12-16-30(36)17-13-26/h3-17,22,24,33H,18-21,23H2,1-2H3. The third kappa shape index (κ3) is 6.64. The molecule has 0 radical (unpaired) electrons. The summed E-state index contributed by atoms with van der Waals surface area (Å²) in [6.07, 6.45) is 0. The van der Waals surface area contributed by atoms with E-state index in [1.54, 1.807) is 24.3 Å². The maximum atomic E-state index is 13.7. The van der Waals surface area contributed by atoms with Crippen molar-refractivity contribution >= 4 is 0 Å². The highest BCUT2D eigenvalue weighted by atomic mass is 19.1. The predicted molar refractivity (Wildman–Crippen MR) is 155 cm³/mol. The summed E-state index contributed by atoms with van der Waals surface area (Å²) in [5, 5.41) is 0. The summed E-state index contributed by atoms with van der Waals surface area (Å²) < 4.78 is 33.4. The van der Waals surface area contributed by atoms with E-state index < -0.39 is 0 Å². The first kappa shape index (κ1) is 27.7. The number of benzene rings is 3. The molecule has 1 fully saturated rings. The fourth-order valence-electron chi connectivity index (χ4n) is 5.20. The first-order valence-corrected chi connectivity index (χ1v) is 13.7. The van der Waals surface area contributed by atoms with E-state index >= 15 is 0 Å². The summed E-state index contributed by atoms with van der Waals surface area (Å²) in [6.45, 7) is 7.72. The van der Waals surface area contributed by atoms with E-state index in [1.165, 1.54) is 24.3 Å². The molecule has 4 aromatic carbocycles. The molecule has 0 atom stereocenters. The van der Waals surface area contributed by atoms with Gasteiger partial charge >= 0.3 is 0 Å². The molecular formula is C34H34F2N2O2. The van der Waals surface area contributed by atoms with Crippen LogP contribution in [0.25, 0.3) is 0 Å². The molecule has 0 aromatic heterocycles. The Kier molecular flexibility index (Phi) is 8.68. The Hall–Kier alpha value is -3.87. The van der Waals surface area contributed by atoms with Crippen LogP contribution in [0.3, 0.4) is 0 Å². The second-order valence-corrected chi connectivity index (χ2v) is 10.6. The number of rotatable bonds is 8. The molecule has 4 aromatic rings. The summed E-state index contributed by atoms with van der Waals surface area (Å²) in [7, 11) is 0. The van der Waals surface area contributed by atoms with Gasteiger partial charge in [-0.3, -0.25) is 14.6 Å². The lowest BCUT2D eigenvalue weighted by Crippen LogP contribution is -2.47. The van der Waals surface area contributed by atoms with Crippen molar-refractivity contribution in [3.63, 3.8) is 0 Å². The van der Waals surface area contributed by atoms with Crippen molar-refractivity contribution in [3.05, 3.63) is 141 Å². The number of halogens is 2. The lowest BCUT2D eigenvalue weighted by molar-refractivity contribution is 0.104. The molecular weight excluding hydrogens is 506 g/mol. The topological polar surface area (TPSA) is 32.8 Å². The van der Waals surface area contributed by atoms with Gasteiger partial charge in [-0.15, -0.1) is 0 Å². The van der Waals surface area contributed by atoms with E-state index in [2.05, 4.69) is 23.6 Å². The van der Waals surface area contributed by atoms with Crippen molar-refractivity contribution in [2.24, 2.45) is 0 Å². The van der Waals surface area contributed by atoms with Crippen molar-refractivity contribution in [2.75, 3.05) is 26.2 Å². The first-order valence-electron chi connectivity index (χ1n) is 13.7. The number of ether oxygens (including phenoxy) is 1. The van der Waals surface area contributed by atoms with E-state index in [-0.39, 0.29) is 29.0 Å². The minimum Gasteiger partial charge on any atom is -0.453 e. The molecule has 0 bridgehead atoms. The summed E-state index contributed by atoms with van der Waals surface area (Å²) >= 11 is 0. The molecule has 0 aliphatic carbocycles. The molecule has 1 aliphatic rings. The Morgan fingerprint density at radius 2 is 1.27 bits per heavy atom. The molecule has 0 amide bonds. The highest BCUT2D eigenvalue weighted by Gasteiger charge is 2.27. The van der Waals surface area contributed by atoms with Gasteiger partial charge in [0.2, 0.25) is 5.43 Å². The zero-order valence-corrected chi connectivity index (χ0v) is 22.9. The van der Waals surface area contributed by atoms with Gasteiger partial charge in [0, 0.05) is 38.3 Å². The minimum absolute atomic E-state index is 0.103. The molecule has 40 heavy (non-hydrogen) atoms. The van der Waals surface area contributed by atoms with Crippen LogP contribution in [0, 0.1) is 11.6 Å². The van der Waals surface area contributed by atoms with Crippen molar-refractivity contribution in [1.29, 1.82) is 0 Å². The molecule has 5 rings (SSSR count). The van der Waals surface area contributed by atoms with Gasteiger partial charge in [-0.2, -0.15) is 0 Å². The molecule has 206 valence electrons. The van der Waals surface area contributed by atoms with Crippen molar-refractivity contribution in [1.82, 2.24) is 9.80 Å². The van der Waals surface area contributed by atoms with E-state index in [1.807, 2.05) is 48.5 Å². The third-order valence-corrected chi connectivity index (χ3v) is 7.47. The van der Waals surface area contributed by atoms with Crippen LogP contribution in [0.2, 0.25) is 0 Å². The minimum atomic E-state index is -0.285. The van der Waals surface area contributed by atoms with Crippen LogP contribution in [0.1, 0.15) is 48.1 Å². The van der Waals surface area contributed by atoms with Crippen LogP contribution in [0.15, 0.2) is 102 Å². The average Bonchev–Trinajstić information content (AvgIpc) is 3.11. The Morgan fingerprint density at radius 1 is 0.725 bits per heavy atom. The van der Waals surface area contributed by atoms with E-state index in [0.717, 1.165) is 42.9 Å². The van der Waals surface area contributed by atoms with Crippen molar-refractivity contribution in [3.8, 4) is 11.5 Å². The maximum Gasteiger partial charge on any atom is 0.225 e. The Bertz CT molecular complexity index is 1420. The molecule has 4 nitrogen and oxygen atoms in total. The SMILES string of the molecule is CC(C)c1ccc(CN2CCN(C(c3ccc(F)cc3)c3ccc(F)cc3)CC2)c(=O)c(Oc2ccccc2)c1. The zero-order valence-electron chi connectivity index (χ0n) is 22.9. The maximum absolute atomic E-state index is 13.7. The van der Waals surface area contributed by atoms with E-state index in [0.29, 0.717) is 23.6 Å². The van der Waals surface area contributed by atoms with Gasteiger partial charge in [0.05, 0.1) is 6.04 Å². The van der Waals surface area contributed by atoms with Gasteiger partial charge in [-0.05, 0) is 65.1 Å². The van der Waals surface area contributed by atoms with Crippen molar-refractivity contribution in [2.45, 2.75) is 32.4 Å². The average molecular weight is 541 g/mol. The van der Waals surface area contributed by atoms with Crippen LogP contribution in [0.4, 0.5) is 8.78 Å². The van der Waals surface area contributed by atoms with Crippen LogP contribution in [0.5, 0.6) is 11.5 Å². The quantitative estimate of drug-likeness (QED) is 0.238. The monoisotopic (exact) mass is 540 g/mol. The summed E-state index contributed by atoms with van der Waals surface area (Å²) in [4.78, 5) is 18.2. The summed E-state index contributed by atoms with van der Waals surface area (Å²) in [5.74, 6) is 0.643. The summed E-state index contributed by atoms with van der Waals surface area (Å²) in [6, 6.07) is 28.1. The first-order chi connectivity index (χ1) is 19.4. The van der Waals surface area contributed by atoms with Gasteiger partial charge < -0.3 is 4.74 Å². The number of piperazine rings is 1. The lowest BCUT2D eigenvalue weighted by Gasteiger charge is -2.39. The van der Waals surface area contributed by atoms with Gasteiger partial charge in [0.25, 0.3) is 0 Å². The Morgan fingerprint density at radius 3 is 1.82 bits per heavy atom. The highest BCUT2D eigenvalue weighted by Crippen LogP contribution is 2.30. The normalized spacial score (nSPS) is 14.6. The molecule has 1 heterocycles. The van der Waals surface area contributed by atoms with Gasteiger partial charge in [-0.25, -0.2) is 8.78 Å².